The predicted octanol–water partition coefficient (Wildman–Crippen LogP) is 5.91. The Morgan fingerprint density at radius 1 is 0.913 bits per heavy atom. The number of fused-ring (bicyclic) bond motifs is 2. The van der Waals surface area contributed by atoms with Crippen molar-refractivity contribution in [1.82, 2.24) is 10.6 Å². The van der Waals surface area contributed by atoms with Crippen LogP contribution in [0.2, 0.25) is 0 Å². The van der Waals surface area contributed by atoms with E-state index in [1.807, 2.05) is 42.5 Å². The first kappa shape index (κ1) is 34.6. The average Bonchev–Trinajstić information content (AvgIpc) is 3.13. The van der Waals surface area contributed by atoms with Crippen LogP contribution in [0.15, 0.2) is 83.3 Å². The topological polar surface area (TPSA) is 108 Å². The van der Waals surface area contributed by atoms with Gasteiger partial charge in [0.25, 0.3) is 11.8 Å². The molecule has 0 aliphatic carbocycles. The molecule has 0 radical (unpaired) electrons. The largest absolute Gasteiger partial charge is 0.496 e. The predicted molar refractivity (Wildman–Crippen MR) is 186 cm³/mol. The Hall–Kier alpha value is -4.25. The second-order valence-electron chi connectivity index (χ2n) is 11.0. The SMILES string of the molecule is CNC(C)C(=O)N[C@@H]1C(=O)N(Cc2c(OC)ccc3c(Br)cccc23)c2ccccc2N(C(=O)c2ccc(C(C)=O)cc2)[C@H]1C.Cl. The zero-order chi connectivity index (χ0) is 32.4. The van der Waals surface area contributed by atoms with Gasteiger partial charge in [0, 0.05) is 21.2 Å². The Labute approximate surface area is 282 Å². The fourth-order valence-corrected chi connectivity index (χ4v) is 6.17. The van der Waals surface area contributed by atoms with Gasteiger partial charge in [-0.2, -0.15) is 0 Å². The number of nitrogens with zero attached hydrogens (tertiary/aromatic N) is 2. The van der Waals surface area contributed by atoms with Crippen molar-refractivity contribution in [3.05, 3.63) is 100 Å². The number of carbonyl (C=O) groups is 4. The van der Waals surface area contributed by atoms with Crippen LogP contribution in [0.4, 0.5) is 11.4 Å². The number of benzene rings is 4. The lowest BCUT2D eigenvalue weighted by Crippen LogP contribution is -2.59. The number of amides is 3. The van der Waals surface area contributed by atoms with Crippen LogP contribution in [0.1, 0.15) is 47.1 Å². The molecule has 11 heteroatoms. The number of para-hydroxylation sites is 2. The molecule has 0 fully saturated rings. The maximum atomic E-state index is 14.7. The summed E-state index contributed by atoms with van der Waals surface area (Å²) in [6, 6.07) is 20.9. The molecule has 0 spiro atoms. The highest BCUT2D eigenvalue weighted by Crippen LogP contribution is 2.40. The first-order valence-corrected chi connectivity index (χ1v) is 15.4. The van der Waals surface area contributed by atoms with Gasteiger partial charge in [0.15, 0.2) is 5.78 Å². The van der Waals surface area contributed by atoms with Gasteiger partial charge in [-0.05, 0) is 81.1 Å². The Balaban J connectivity index is 0.00000480. The standard InChI is InChI=1S/C35H35BrN4O5.ClH/c1-20(37-4)33(42)38-32-21(2)40(34(43)24-15-13-23(14-16-24)22(3)41)30-12-7-6-11-29(30)39(35(32)44)19-27-25-9-8-10-28(36)26(25)17-18-31(27)45-5;/h6-18,20-21,32,37H,19H2,1-5H3,(H,38,42);1H/t20?,21-,32-;/m0./s1. The average molecular weight is 708 g/mol. The lowest BCUT2D eigenvalue weighted by Gasteiger charge is -2.32. The van der Waals surface area contributed by atoms with Crippen LogP contribution in [-0.4, -0.2) is 55.8 Å². The quantitative estimate of drug-likeness (QED) is 0.221. The number of Topliss-reactive ketones (excluding diaryl/α,β-unsaturated/α-hetero) is 1. The van der Waals surface area contributed by atoms with Gasteiger partial charge in [0.1, 0.15) is 11.8 Å². The third kappa shape index (κ3) is 6.51. The van der Waals surface area contributed by atoms with E-state index in [0.717, 1.165) is 20.8 Å². The Morgan fingerprint density at radius 2 is 1.57 bits per heavy atom. The number of methoxy groups -OCH3 is 1. The van der Waals surface area contributed by atoms with Gasteiger partial charge < -0.3 is 25.2 Å². The summed E-state index contributed by atoms with van der Waals surface area (Å²) in [6.45, 7) is 5.03. The monoisotopic (exact) mass is 706 g/mol. The number of hydrogen-bond acceptors (Lipinski definition) is 6. The molecule has 0 bridgehead atoms. The van der Waals surface area contributed by atoms with Gasteiger partial charge in [0.05, 0.1) is 37.1 Å². The molecule has 4 aromatic rings. The molecule has 9 nitrogen and oxygen atoms in total. The number of ether oxygens (including phenoxy) is 1. The first-order chi connectivity index (χ1) is 21.6. The van der Waals surface area contributed by atoms with Crippen molar-refractivity contribution in [3.63, 3.8) is 0 Å². The molecular weight excluding hydrogens is 672 g/mol. The van der Waals surface area contributed by atoms with Gasteiger partial charge in [-0.25, -0.2) is 0 Å². The van der Waals surface area contributed by atoms with Gasteiger partial charge in [-0.15, -0.1) is 12.4 Å². The van der Waals surface area contributed by atoms with E-state index in [0.29, 0.717) is 28.3 Å². The summed E-state index contributed by atoms with van der Waals surface area (Å²) < 4.78 is 6.67. The number of hydrogen-bond donors (Lipinski definition) is 2. The number of ketones is 1. The van der Waals surface area contributed by atoms with Crippen molar-refractivity contribution >= 4 is 74.0 Å². The lowest BCUT2D eigenvalue weighted by molar-refractivity contribution is -0.128. The fraction of sp³-hybridized carbons (Fsp3) is 0.257. The molecule has 4 aromatic carbocycles. The second-order valence-corrected chi connectivity index (χ2v) is 11.9. The molecule has 3 atom stereocenters. The molecule has 1 unspecified atom stereocenters. The van der Waals surface area contributed by atoms with Crippen molar-refractivity contribution in [3.8, 4) is 5.75 Å². The molecular formula is C35H36BrClN4O5. The van der Waals surface area contributed by atoms with Crippen LogP contribution < -0.4 is 25.2 Å². The number of likely N-dealkylation sites (N-methyl/N-ethyl adjacent to an activating group) is 1. The zero-order valence-corrected chi connectivity index (χ0v) is 28.6. The van der Waals surface area contributed by atoms with Gasteiger partial charge in [0.2, 0.25) is 5.91 Å². The van der Waals surface area contributed by atoms with Crippen LogP contribution in [-0.2, 0) is 16.1 Å². The van der Waals surface area contributed by atoms with Crippen molar-refractivity contribution in [2.75, 3.05) is 24.0 Å². The van der Waals surface area contributed by atoms with Crippen molar-refractivity contribution in [2.45, 2.75) is 45.4 Å². The number of carbonyl (C=O) groups excluding carboxylic acids is 4. The minimum Gasteiger partial charge on any atom is -0.496 e. The molecule has 1 heterocycles. The highest BCUT2D eigenvalue weighted by molar-refractivity contribution is 9.10. The zero-order valence-electron chi connectivity index (χ0n) is 26.2. The Morgan fingerprint density at radius 3 is 2.20 bits per heavy atom. The van der Waals surface area contributed by atoms with E-state index in [2.05, 4.69) is 26.6 Å². The number of anilines is 2. The summed E-state index contributed by atoms with van der Waals surface area (Å²) >= 11 is 3.64. The first-order valence-electron chi connectivity index (χ1n) is 14.6. The maximum absolute atomic E-state index is 14.7. The van der Waals surface area contributed by atoms with Crippen LogP contribution in [0.5, 0.6) is 5.75 Å². The Bertz CT molecular complexity index is 1800. The van der Waals surface area contributed by atoms with Crippen LogP contribution in [0.25, 0.3) is 10.8 Å². The van der Waals surface area contributed by atoms with Crippen LogP contribution in [0.3, 0.4) is 0 Å². The highest BCUT2D eigenvalue weighted by Gasteiger charge is 2.43. The summed E-state index contributed by atoms with van der Waals surface area (Å²) in [5.41, 5.74) is 2.63. The molecule has 3 amide bonds. The van der Waals surface area contributed by atoms with Crippen molar-refractivity contribution < 1.29 is 23.9 Å². The third-order valence-corrected chi connectivity index (χ3v) is 9.04. The summed E-state index contributed by atoms with van der Waals surface area (Å²) in [5.74, 6) is -0.624. The minimum absolute atomic E-state index is 0. The van der Waals surface area contributed by atoms with Gasteiger partial charge in [-0.3, -0.25) is 19.2 Å². The summed E-state index contributed by atoms with van der Waals surface area (Å²) in [6.07, 6.45) is 0. The van der Waals surface area contributed by atoms with E-state index in [9.17, 15) is 19.2 Å². The molecule has 5 rings (SSSR count). The van der Waals surface area contributed by atoms with E-state index >= 15 is 0 Å². The van der Waals surface area contributed by atoms with E-state index < -0.39 is 18.1 Å². The fourth-order valence-electron chi connectivity index (χ4n) is 5.67. The normalized spacial score (nSPS) is 16.6. The van der Waals surface area contributed by atoms with Crippen LogP contribution >= 0.6 is 28.3 Å². The number of nitrogens with one attached hydrogen (secondary N) is 2. The molecule has 46 heavy (non-hydrogen) atoms. The molecule has 2 N–H and O–H groups in total. The van der Waals surface area contributed by atoms with Crippen molar-refractivity contribution in [1.29, 1.82) is 0 Å². The third-order valence-electron chi connectivity index (χ3n) is 8.35. The number of rotatable bonds is 8. The van der Waals surface area contributed by atoms with Gasteiger partial charge >= 0.3 is 0 Å². The summed E-state index contributed by atoms with van der Waals surface area (Å²) in [4.78, 5) is 57.2. The highest BCUT2D eigenvalue weighted by atomic mass is 79.9. The maximum Gasteiger partial charge on any atom is 0.258 e. The minimum atomic E-state index is -1.09. The van der Waals surface area contributed by atoms with E-state index in [4.69, 9.17) is 4.74 Å². The van der Waals surface area contributed by atoms with Crippen molar-refractivity contribution in [2.24, 2.45) is 0 Å². The van der Waals surface area contributed by atoms with E-state index in [1.165, 1.54) is 6.92 Å². The van der Waals surface area contributed by atoms with E-state index in [-0.39, 0.29) is 42.5 Å². The summed E-state index contributed by atoms with van der Waals surface area (Å²) in [5, 5.41) is 7.69. The molecule has 1 aliphatic rings. The molecule has 240 valence electrons. The smallest absolute Gasteiger partial charge is 0.258 e. The second kappa shape index (κ2) is 14.5. The van der Waals surface area contributed by atoms with E-state index in [1.54, 1.807) is 74.2 Å². The molecule has 0 saturated heterocycles. The molecule has 0 aromatic heterocycles. The summed E-state index contributed by atoms with van der Waals surface area (Å²) in [7, 11) is 3.25. The van der Waals surface area contributed by atoms with Crippen LogP contribution in [0, 0.1) is 0 Å². The number of halogens is 2. The molecule has 0 saturated carbocycles. The molecule has 1 aliphatic heterocycles. The Kier molecular flexibility index (Phi) is 10.9. The lowest BCUT2D eigenvalue weighted by atomic mass is 10.0. The van der Waals surface area contributed by atoms with Gasteiger partial charge in [-0.1, -0.05) is 52.3 Å².